The highest BCUT2D eigenvalue weighted by molar-refractivity contribution is 6.31. The Kier molecular flexibility index (Phi) is 3.03. The van der Waals surface area contributed by atoms with Crippen LogP contribution in [0, 0.1) is 5.92 Å². The number of aliphatic hydroxyl groups is 1. The molecule has 2 heteroatoms. The van der Waals surface area contributed by atoms with Crippen molar-refractivity contribution in [3.63, 3.8) is 0 Å². The van der Waals surface area contributed by atoms with E-state index >= 15 is 0 Å². The molecule has 15 heavy (non-hydrogen) atoms. The van der Waals surface area contributed by atoms with Crippen LogP contribution in [0.25, 0.3) is 0 Å². The van der Waals surface area contributed by atoms with Crippen LogP contribution in [0.15, 0.2) is 18.2 Å². The van der Waals surface area contributed by atoms with Crippen LogP contribution in [0.3, 0.4) is 0 Å². The van der Waals surface area contributed by atoms with Crippen molar-refractivity contribution in [3.8, 4) is 0 Å². The Morgan fingerprint density at radius 2 is 2.00 bits per heavy atom. The molecule has 1 fully saturated rings. The van der Waals surface area contributed by atoms with Crippen LogP contribution >= 0.6 is 11.6 Å². The molecule has 1 aromatic rings. The zero-order valence-electron chi connectivity index (χ0n) is 9.20. The number of hydrogen-bond donors (Lipinski definition) is 1. The lowest BCUT2D eigenvalue weighted by Crippen LogP contribution is -2.01. The van der Waals surface area contributed by atoms with Gasteiger partial charge in [-0.05, 0) is 41.9 Å². The summed E-state index contributed by atoms with van der Waals surface area (Å²) in [5, 5.41) is 10.8. The smallest absolute Gasteiger partial charge is 0.0818 e. The summed E-state index contributed by atoms with van der Waals surface area (Å²) in [5.41, 5.74) is 2.15. The second kappa shape index (κ2) is 4.15. The van der Waals surface area contributed by atoms with Gasteiger partial charge in [-0.25, -0.2) is 0 Å². The summed E-state index contributed by atoms with van der Waals surface area (Å²) in [4.78, 5) is 0. The lowest BCUT2D eigenvalue weighted by molar-refractivity contribution is 0.153. The van der Waals surface area contributed by atoms with Crippen LogP contribution in [0.4, 0.5) is 0 Å². The van der Waals surface area contributed by atoms with E-state index in [-0.39, 0.29) is 6.10 Å². The molecule has 0 spiro atoms. The number of aliphatic hydroxyl groups excluding tert-OH is 1. The van der Waals surface area contributed by atoms with E-state index in [2.05, 4.69) is 19.9 Å². The Labute approximate surface area is 96.1 Å². The summed E-state index contributed by atoms with van der Waals surface area (Å²) in [6.45, 7) is 4.24. The van der Waals surface area contributed by atoms with Crippen molar-refractivity contribution in [1.82, 2.24) is 0 Å². The van der Waals surface area contributed by atoms with Gasteiger partial charge >= 0.3 is 0 Å². The first-order valence-corrected chi connectivity index (χ1v) is 5.95. The molecule has 0 saturated heterocycles. The molecule has 1 saturated carbocycles. The van der Waals surface area contributed by atoms with E-state index in [1.54, 1.807) is 0 Å². The third-order valence-corrected chi connectivity index (χ3v) is 3.40. The minimum atomic E-state index is -0.292. The van der Waals surface area contributed by atoms with Crippen LogP contribution in [0.1, 0.15) is 49.8 Å². The predicted octanol–water partition coefficient (Wildman–Crippen LogP) is 3.91. The molecule has 0 amide bonds. The van der Waals surface area contributed by atoms with E-state index in [0.29, 0.717) is 11.8 Å². The van der Waals surface area contributed by atoms with Crippen LogP contribution in [-0.2, 0) is 0 Å². The average Bonchev–Trinajstić information content (AvgIpc) is 3.00. The summed E-state index contributed by atoms with van der Waals surface area (Å²) < 4.78 is 0. The van der Waals surface area contributed by atoms with Gasteiger partial charge in [0.2, 0.25) is 0 Å². The van der Waals surface area contributed by atoms with Crippen LogP contribution < -0.4 is 0 Å². The molecule has 1 N–H and O–H groups in total. The molecule has 0 heterocycles. The Bertz CT molecular complexity index is 356. The minimum Gasteiger partial charge on any atom is -0.388 e. The zero-order chi connectivity index (χ0) is 11.0. The van der Waals surface area contributed by atoms with Crippen molar-refractivity contribution in [1.29, 1.82) is 0 Å². The lowest BCUT2D eigenvalue weighted by Gasteiger charge is -2.14. The monoisotopic (exact) mass is 224 g/mol. The van der Waals surface area contributed by atoms with Gasteiger partial charge in [-0.1, -0.05) is 37.6 Å². The highest BCUT2D eigenvalue weighted by Gasteiger charge is 2.30. The van der Waals surface area contributed by atoms with Crippen LogP contribution in [0.5, 0.6) is 0 Å². The summed E-state index contributed by atoms with van der Waals surface area (Å²) in [6, 6.07) is 5.89. The minimum absolute atomic E-state index is 0.292. The fraction of sp³-hybridized carbons (Fsp3) is 0.538. The Hall–Kier alpha value is -0.530. The first-order valence-electron chi connectivity index (χ1n) is 5.57. The van der Waals surface area contributed by atoms with Gasteiger partial charge in [-0.15, -0.1) is 0 Å². The van der Waals surface area contributed by atoms with Crippen LogP contribution in [0.2, 0.25) is 5.02 Å². The molecule has 1 nitrogen and oxygen atoms in total. The maximum absolute atomic E-state index is 10.0. The van der Waals surface area contributed by atoms with Gasteiger partial charge in [0.05, 0.1) is 6.10 Å². The van der Waals surface area contributed by atoms with Gasteiger partial charge in [0, 0.05) is 5.02 Å². The van der Waals surface area contributed by atoms with Crippen molar-refractivity contribution < 1.29 is 5.11 Å². The van der Waals surface area contributed by atoms with Crippen molar-refractivity contribution in [2.45, 2.75) is 38.7 Å². The highest BCUT2D eigenvalue weighted by atomic mass is 35.5. The predicted molar refractivity (Wildman–Crippen MR) is 63.2 cm³/mol. The van der Waals surface area contributed by atoms with Gasteiger partial charge in [0.15, 0.2) is 0 Å². The largest absolute Gasteiger partial charge is 0.388 e. The average molecular weight is 225 g/mol. The maximum atomic E-state index is 10.0. The number of halogens is 1. The number of rotatable bonds is 3. The van der Waals surface area contributed by atoms with Crippen molar-refractivity contribution in [3.05, 3.63) is 34.3 Å². The molecule has 82 valence electrons. The summed E-state index contributed by atoms with van der Waals surface area (Å²) in [5.74, 6) is 0.884. The fourth-order valence-electron chi connectivity index (χ4n) is 1.87. The van der Waals surface area contributed by atoms with Gasteiger partial charge in [0.25, 0.3) is 0 Å². The Balaban J connectivity index is 2.28. The van der Waals surface area contributed by atoms with Gasteiger partial charge in [-0.2, -0.15) is 0 Å². The molecular formula is C13H17ClO. The highest BCUT2D eigenvalue weighted by Crippen LogP contribution is 2.41. The SMILES string of the molecule is CC(C)c1cc(C(O)C2CC2)ccc1Cl. The van der Waals surface area contributed by atoms with Gasteiger partial charge in [0.1, 0.15) is 0 Å². The first kappa shape index (κ1) is 11.0. The summed E-state index contributed by atoms with van der Waals surface area (Å²) in [6.07, 6.45) is 2.02. The normalized spacial score (nSPS) is 18.2. The van der Waals surface area contributed by atoms with E-state index in [0.717, 1.165) is 29.0 Å². The second-order valence-corrected chi connectivity index (χ2v) is 5.13. The van der Waals surface area contributed by atoms with Crippen molar-refractivity contribution in [2.75, 3.05) is 0 Å². The molecule has 0 radical (unpaired) electrons. The van der Waals surface area contributed by atoms with E-state index < -0.39 is 0 Å². The topological polar surface area (TPSA) is 20.2 Å². The molecular weight excluding hydrogens is 208 g/mol. The molecule has 1 aliphatic carbocycles. The number of hydrogen-bond acceptors (Lipinski definition) is 1. The Morgan fingerprint density at radius 1 is 1.33 bits per heavy atom. The first-order chi connectivity index (χ1) is 7.09. The second-order valence-electron chi connectivity index (χ2n) is 4.72. The van der Waals surface area contributed by atoms with E-state index in [1.165, 1.54) is 0 Å². The summed E-state index contributed by atoms with van der Waals surface area (Å²) >= 11 is 6.11. The maximum Gasteiger partial charge on any atom is 0.0818 e. The third-order valence-electron chi connectivity index (χ3n) is 3.05. The van der Waals surface area contributed by atoms with E-state index in [9.17, 15) is 5.11 Å². The molecule has 0 aliphatic heterocycles. The third kappa shape index (κ3) is 2.35. The van der Waals surface area contributed by atoms with Crippen LogP contribution in [-0.4, -0.2) is 5.11 Å². The molecule has 1 unspecified atom stereocenters. The lowest BCUT2D eigenvalue weighted by atomic mass is 9.97. The summed E-state index contributed by atoms with van der Waals surface area (Å²) in [7, 11) is 0. The standard InChI is InChI=1S/C13H17ClO/c1-8(2)11-7-10(5-6-12(11)14)13(15)9-3-4-9/h5-9,13,15H,3-4H2,1-2H3. The quantitative estimate of drug-likeness (QED) is 0.826. The van der Waals surface area contributed by atoms with Gasteiger partial charge < -0.3 is 5.11 Å². The molecule has 0 aromatic heterocycles. The number of benzene rings is 1. The van der Waals surface area contributed by atoms with E-state index in [4.69, 9.17) is 11.6 Å². The van der Waals surface area contributed by atoms with E-state index in [1.807, 2.05) is 12.1 Å². The van der Waals surface area contributed by atoms with Crippen molar-refractivity contribution in [2.24, 2.45) is 5.92 Å². The molecule has 1 aromatic carbocycles. The molecule has 0 bridgehead atoms. The fourth-order valence-corrected chi connectivity index (χ4v) is 2.21. The zero-order valence-corrected chi connectivity index (χ0v) is 9.96. The van der Waals surface area contributed by atoms with Gasteiger partial charge in [-0.3, -0.25) is 0 Å². The Morgan fingerprint density at radius 3 is 2.53 bits per heavy atom. The molecule has 1 aliphatic rings. The van der Waals surface area contributed by atoms with Crippen molar-refractivity contribution >= 4 is 11.6 Å². The molecule has 2 rings (SSSR count). The molecule has 1 atom stereocenters.